The number of rotatable bonds is 5. The number of piperidine rings is 1. The van der Waals surface area contributed by atoms with Gasteiger partial charge in [-0.15, -0.1) is 0 Å². The molecule has 1 saturated heterocycles. The van der Waals surface area contributed by atoms with E-state index in [1.807, 2.05) is 11.2 Å². The van der Waals surface area contributed by atoms with Crippen molar-refractivity contribution in [2.75, 3.05) is 24.2 Å². The predicted molar refractivity (Wildman–Crippen MR) is 133 cm³/mol. The van der Waals surface area contributed by atoms with Gasteiger partial charge >= 0.3 is 6.18 Å². The average Bonchev–Trinajstić information content (AvgIpc) is 3.38. The van der Waals surface area contributed by atoms with Crippen molar-refractivity contribution >= 4 is 32.2 Å². The maximum absolute atomic E-state index is 13.4. The number of fused-ring (bicyclic) bond motifs is 1. The van der Waals surface area contributed by atoms with Gasteiger partial charge in [0.2, 0.25) is 0 Å². The highest BCUT2D eigenvalue weighted by Crippen LogP contribution is 2.38. The van der Waals surface area contributed by atoms with Crippen LogP contribution < -0.4 is 4.90 Å². The Morgan fingerprint density at radius 2 is 1.84 bits per heavy atom. The predicted octanol–water partition coefficient (Wildman–Crippen LogP) is 5.15. The summed E-state index contributed by atoms with van der Waals surface area (Å²) in [4.78, 5) is 19.7. The molecule has 4 aromatic rings. The lowest BCUT2D eigenvalue weighted by Crippen LogP contribution is -2.36. The van der Waals surface area contributed by atoms with Crippen LogP contribution in [0.1, 0.15) is 28.9 Å². The molecule has 11 heteroatoms. The van der Waals surface area contributed by atoms with E-state index in [1.165, 1.54) is 12.1 Å². The SMILES string of the molecule is CS(=O)(=O)c1cccc(C(=O)C2CCN(c3ccnc4ccc(-c5cn[nH]c5C(F)(F)F)cc34)CC2)c1. The number of aromatic amines is 1. The first-order valence-corrected chi connectivity index (χ1v) is 13.5. The van der Waals surface area contributed by atoms with Crippen molar-refractivity contribution in [3.05, 3.63) is 72.2 Å². The lowest BCUT2D eigenvalue weighted by Gasteiger charge is -2.33. The van der Waals surface area contributed by atoms with Crippen LogP contribution in [0.15, 0.2) is 65.8 Å². The zero-order chi connectivity index (χ0) is 26.4. The maximum Gasteiger partial charge on any atom is 0.433 e. The van der Waals surface area contributed by atoms with Gasteiger partial charge in [0, 0.05) is 53.7 Å². The minimum absolute atomic E-state index is 0.0372. The van der Waals surface area contributed by atoms with Crippen molar-refractivity contribution in [2.24, 2.45) is 5.92 Å². The second-order valence-corrected chi connectivity index (χ2v) is 11.2. The van der Waals surface area contributed by atoms with E-state index in [9.17, 15) is 26.4 Å². The van der Waals surface area contributed by atoms with Crippen LogP contribution >= 0.6 is 0 Å². The molecule has 2 aromatic heterocycles. The molecule has 1 aliphatic rings. The van der Waals surface area contributed by atoms with Gasteiger partial charge in [-0.1, -0.05) is 18.2 Å². The summed E-state index contributed by atoms with van der Waals surface area (Å²) in [6.07, 6.45) is 0.487. The van der Waals surface area contributed by atoms with Crippen LogP contribution in [0.2, 0.25) is 0 Å². The van der Waals surface area contributed by atoms with E-state index in [1.54, 1.807) is 36.5 Å². The van der Waals surface area contributed by atoms with Gasteiger partial charge in [-0.05, 0) is 48.7 Å². The van der Waals surface area contributed by atoms with Crippen molar-refractivity contribution in [3.8, 4) is 11.1 Å². The van der Waals surface area contributed by atoms with E-state index in [0.717, 1.165) is 18.1 Å². The second-order valence-electron chi connectivity index (χ2n) is 9.14. The molecular formula is C26H23F3N4O3S. The Bertz CT molecular complexity index is 1590. The van der Waals surface area contributed by atoms with Crippen molar-refractivity contribution < 1.29 is 26.4 Å². The van der Waals surface area contributed by atoms with Crippen LogP contribution in [-0.4, -0.2) is 48.7 Å². The largest absolute Gasteiger partial charge is 0.433 e. The second kappa shape index (κ2) is 9.29. The number of anilines is 1. The highest BCUT2D eigenvalue weighted by molar-refractivity contribution is 7.90. The quantitative estimate of drug-likeness (QED) is 0.360. The number of nitrogens with one attached hydrogen (secondary N) is 1. The van der Waals surface area contributed by atoms with E-state index in [-0.39, 0.29) is 22.2 Å². The van der Waals surface area contributed by atoms with Gasteiger partial charge < -0.3 is 4.90 Å². The molecule has 37 heavy (non-hydrogen) atoms. The van der Waals surface area contributed by atoms with Crippen LogP contribution in [0.5, 0.6) is 0 Å². The molecule has 0 saturated carbocycles. The van der Waals surface area contributed by atoms with Crippen LogP contribution in [0.25, 0.3) is 22.0 Å². The smallest absolute Gasteiger partial charge is 0.371 e. The third kappa shape index (κ3) is 4.95. The van der Waals surface area contributed by atoms with Gasteiger partial charge in [0.25, 0.3) is 0 Å². The highest BCUT2D eigenvalue weighted by Gasteiger charge is 2.36. The molecule has 7 nitrogen and oxygen atoms in total. The number of carbonyl (C=O) groups excluding carboxylic acids is 1. The minimum atomic E-state index is -4.56. The first kappa shape index (κ1) is 24.9. The number of alkyl halides is 3. The highest BCUT2D eigenvalue weighted by atomic mass is 32.2. The zero-order valence-corrected chi connectivity index (χ0v) is 20.6. The van der Waals surface area contributed by atoms with E-state index >= 15 is 0 Å². The fourth-order valence-electron chi connectivity index (χ4n) is 4.79. The number of ketones is 1. The Labute approximate surface area is 211 Å². The Balaban J connectivity index is 1.39. The number of carbonyl (C=O) groups is 1. The van der Waals surface area contributed by atoms with Gasteiger partial charge in [-0.2, -0.15) is 18.3 Å². The summed E-state index contributed by atoms with van der Waals surface area (Å²) in [5.41, 5.74) is 1.28. The van der Waals surface area contributed by atoms with Crippen molar-refractivity contribution in [2.45, 2.75) is 23.9 Å². The molecule has 1 N–H and O–H groups in total. The van der Waals surface area contributed by atoms with Crippen molar-refractivity contribution in [1.82, 2.24) is 15.2 Å². The summed E-state index contributed by atoms with van der Waals surface area (Å²) >= 11 is 0. The number of H-pyrrole nitrogens is 1. The van der Waals surface area contributed by atoms with E-state index in [0.29, 0.717) is 48.0 Å². The molecule has 192 valence electrons. The standard InChI is InChI=1S/C26H23F3N4O3S/c1-37(35,36)19-4-2-3-18(13-19)24(34)16-8-11-33(12-9-16)23-7-10-30-22-6-5-17(14-20(22)23)21-15-31-32-25(21)26(27,28)29/h2-7,10,13-16H,8-9,11-12H2,1H3,(H,31,32). The van der Waals surface area contributed by atoms with Crippen molar-refractivity contribution in [3.63, 3.8) is 0 Å². The Morgan fingerprint density at radius 1 is 1.08 bits per heavy atom. The number of benzene rings is 2. The molecule has 2 aromatic carbocycles. The summed E-state index contributed by atoms with van der Waals surface area (Å²) in [6, 6.07) is 12.9. The number of halogens is 3. The summed E-state index contributed by atoms with van der Waals surface area (Å²) in [6.45, 7) is 1.12. The number of hydrogen-bond donors (Lipinski definition) is 1. The molecule has 0 spiro atoms. The maximum atomic E-state index is 13.4. The third-order valence-electron chi connectivity index (χ3n) is 6.71. The first-order chi connectivity index (χ1) is 17.5. The van der Waals surface area contributed by atoms with Gasteiger partial charge in [0.15, 0.2) is 15.6 Å². The third-order valence-corrected chi connectivity index (χ3v) is 7.82. The first-order valence-electron chi connectivity index (χ1n) is 11.6. The molecule has 0 aliphatic carbocycles. The Kier molecular flexibility index (Phi) is 6.26. The summed E-state index contributed by atoms with van der Waals surface area (Å²) in [5, 5.41) is 6.34. The molecule has 3 heterocycles. The Morgan fingerprint density at radius 3 is 2.54 bits per heavy atom. The summed E-state index contributed by atoms with van der Waals surface area (Å²) in [7, 11) is -3.42. The number of nitrogens with zero attached hydrogens (tertiary/aromatic N) is 3. The Hall–Kier alpha value is -3.73. The van der Waals surface area contributed by atoms with E-state index in [4.69, 9.17) is 0 Å². The van der Waals surface area contributed by atoms with Crippen LogP contribution in [0, 0.1) is 5.92 Å². The van der Waals surface area contributed by atoms with Gasteiger partial charge in [-0.25, -0.2) is 8.42 Å². The number of aromatic nitrogens is 3. The summed E-state index contributed by atoms with van der Waals surface area (Å²) in [5.74, 6) is -0.346. The lowest BCUT2D eigenvalue weighted by atomic mass is 9.88. The van der Waals surface area contributed by atoms with E-state index in [2.05, 4.69) is 15.0 Å². The number of sulfone groups is 1. The van der Waals surface area contributed by atoms with Gasteiger partial charge in [0.1, 0.15) is 5.69 Å². The molecule has 1 aliphatic heterocycles. The number of Topliss-reactive ketones (excluding diaryl/α,β-unsaturated/α-hetero) is 1. The molecule has 1 fully saturated rings. The lowest BCUT2D eigenvalue weighted by molar-refractivity contribution is -0.140. The molecule has 0 amide bonds. The molecule has 0 unspecified atom stereocenters. The normalized spacial score (nSPS) is 15.3. The summed E-state index contributed by atoms with van der Waals surface area (Å²) < 4.78 is 64.0. The number of hydrogen-bond acceptors (Lipinski definition) is 6. The van der Waals surface area contributed by atoms with Gasteiger partial charge in [0.05, 0.1) is 16.6 Å². The molecule has 0 radical (unpaired) electrons. The van der Waals surface area contributed by atoms with Gasteiger partial charge in [-0.3, -0.25) is 14.9 Å². The monoisotopic (exact) mass is 528 g/mol. The molecular weight excluding hydrogens is 505 g/mol. The topological polar surface area (TPSA) is 96.0 Å². The zero-order valence-electron chi connectivity index (χ0n) is 19.8. The fraction of sp³-hybridized carbons (Fsp3) is 0.269. The molecule has 5 rings (SSSR count). The van der Waals surface area contributed by atoms with E-state index < -0.39 is 21.7 Å². The molecule has 0 bridgehead atoms. The average molecular weight is 529 g/mol. The van der Waals surface area contributed by atoms with Crippen LogP contribution in [0.4, 0.5) is 18.9 Å². The molecule has 0 atom stereocenters. The van der Waals surface area contributed by atoms with Crippen molar-refractivity contribution in [1.29, 1.82) is 0 Å². The minimum Gasteiger partial charge on any atom is -0.371 e. The van der Waals surface area contributed by atoms with Crippen LogP contribution in [-0.2, 0) is 16.0 Å². The fourth-order valence-corrected chi connectivity index (χ4v) is 5.46. The van der Waals surface area contributed by atoms with Crippen LogP contribution in [0.3, 0.4) is 0 Å². The number of pyridine rings is 1.